The van der Waals surface area contributed by atoms with Gasteiger partial charge in [0.1, 0.15) is 22.8 Å². The molecule has 2 aromatic carbocycles. The van der Waals surface area contributed by atoms with Gasteiger partial charge < -0.3 is 25.4 Å². The van der Waals surface area contributed by atoms with Crippen LogP contribution in [-0.4, -0.2) is 57.4 Å². The highest BCUT2D eigenvalue weighted by atomic mass is 16.5. The number of pyridine rings is 1. The minimum atomic E-state index is -0.982. The van der Waals surface area contributed by atoms with Crippen LogP contribution in [0.15, 0.2) is 65.6 Å². The number of rotatable bonds is 5. The summed E-state index contributed by atoms with van der Waals surface area (Å²) in [4.78, 5) is 32.8. The van der Waals surface area contributed by atoms with Crippen LogP contribution in [0.3, 0.4) is 0 Å². The summed E-state index contributed by atoms with van der Waals surface area (Å²) < 4.78 is 9.16. The summed E-state index contributed by atoms with van der Waals surface area (Å²) in [5.41, 5.74) is 8.77. The van der Waals surface area contributed by atoms with Crippen LogP contribution in [0.4, 0.5) is 16.3 Å². The lowest BCUT2D eigenvalue weighted by atomic mass is 10.1. The van der Waals surface area contributed by atoms with E-state index in [1.54, 1.807) is 41.1 Å². The van der Waals surface area contributed by atoms with Gasteiger partial charge in [-0.1, -0.05) is 0 Å². The second-order valence-corrected chi connectivity index (χ2v) is 9.06. The first-order valence-electron chi connectivity index (χ1n) is 11.7. The standard InChI is InChI=1S/C26H28N6O4/c1-29(2)17-5-9-20(10-6-17)36-21-11-7-18(8-12-21)32-23-22(13-14-28-24(23)27)31(25(32)33)19-4-3-15-30(16-19)26(34)35/h5-14,19H,3-4,15-16H2,1-2H3,(H2,27,28)(H,34,35). The van der Waals surface area contributed by atoms with Gasteiger partial charge in [-0.25, -0.2) is 14.6 Å². The van der Waals surface area contributed by atoms with Crippen LogP contribution in [0.25, 0.3) is 16.7 Å². The summed E-state index contributed by atoms with van der Waals surface area (Å²) in [6.45, 7) is 0.707. The van der Waals surface area contributed by atoms with Gasteiger partial charge in [0.15, 0.2) is 0 Å². The van der Waals surface area contributed by atoms with Gasteiger partial charge in [-0.2, -0.15) is 0 Å². The number of fused-ring (bicyclic) bond motifs is 1. The SMILES string of the molecule is CN(C)c1ccc(Oc2ccc(-n3c(=O)n(C4CCCN(C(=O)O)C4)c4ccnc(N)c43)cc2)cc1. The first kappa shape index (κ1) is 23.3. The number of amides is 1. The first-order chi connectivity index (χ1) is 17.3. The number of carbonyl (C=O) groups is 1. The minimum absolute atomic E-state index is 0.232. The molecule has 36 heavy (non-hydrogen) atoms. The van der Waals surface area contributed by atoms with E-state index in [4.69, 9.17) is 10.5 Å². The number of nitrogens with zero attached hydrogens (tertiary/aromatic N) is 5. The van der Waals surface area contributed by atoms with E-state index in [9.17, 15) is 14.7 Å². The third kappa shape index (κ3) is 4.21. The minimum Gasteiger partial charge on any atom is -0.465 e. The van der Waals surface area contributed by atoms with Crippen molar-refractivity contribution in [3.8, 4) is 17.2 Å². The molecule has 3 heterocycles. The molecular weight excluding hydrogens is 460 g/mol. The fraction of sp³-hybridized carbons (Fsp3) is 0.269. The summed E-state index contributed by atoms with van der Waals surface area (Å²) in [7, 11) is 3.96. The van der Waals surface area contributed by atoms with Gasteiger partial charge in [-0.3, -0.25) is 9.13 Å². The third-order valence-corrected chi connectivity index (χ3v) is 6.53. The van der Waals surface area contributed by atoms with Crippen LogP contribution in [0.2, 0.25) is 0 Å². The van der Waals surface area contributed by atoms with Crippen molar-refractivity contribution in [2.75, 3.05) is 37.8 Å². The molecule has 10 nitrogen and oxygen atoms in total. The van der Waals surface area contributed by atoms with Gasteiger partial charge in [0, 0.05) is 39.1 Å². The molecular formula is C26H28N6O4. The first-order valence-corrected chi connectivity index (χ1v) is 11.7. The maximum atomic E-state index is 13.7. The van der Waals surface area contributed by atoms with Crippen molar-refractivity contribution in [2.45, 2.75) is 18.9 Å². The molecule has 1 unspecified atom stereocenters. The van der Waals surface area contributed by atoms with Crippen molar-refractivity contribution in [1.82, 2.24) is 19.0 Å². The number of nitrogens with two attached hydrogens (primary N) is 1. The number of ether oxygens (including phenoxy) is 1. The molecule has 5 rings (SSSR count). The van der Waals surface area contributed by atoms with Crippen molar-refractivity contribution in [3.05, 3.63) is 71.3 Å². The molecule has 0 bridgehead atoms. The van der Waals surface area contributed by atoms with E-state index in [1.165, 1.54) is 9.47 Å². The van der Waals surface area contributed by atoms with Crippen molar-refractivity contribution >= 4 is 28.6 Å². The number of nitrogen functional groups attached to an aromatic ring is 1. The number of carboxylic acid groups (broad SMARTS) is 1. The highest BCUT2D eigenvalue weighted by molar-refractivity contribution is 5.87. The number of hydrogen-bond acceptors (Lipinski definition) is 6. The Hall–Kier alpha value is -4.47. The predicted octanol–water partition coefficient (Wildman–Crippen LogP) is 3.94. The third-order valence-electron chi connectivity index (χ3n) is 6.53. The smallest absolute Gasteiger partial charge is 0.407 e. The number of benzene rings is 2. The number of imidazole rings is 1. The van der Waals surface area contributed by atoms with E-state index in [0.29, 0.717) is 47.6 Å². The maximum Gasteiger partial charge on any atom is 0.407 e. The molecule has 2 aromatic heterocycles. The molecule has 1 atom stereocenters. The van der Waals surface area contributed by atoms with Gasteiger partial charge in [0.05, 0.1) is 17.2 Å². The Labute approximate surface area is 207 Å². The van der Waals surface area contributed by atoms with Gasteiger partial charge in [0.25, 0.3) is 0 Å². The Balaban J connectivity index is 1.50. The lowest BCUT2D eigenvalue weighted by Gasteiger charge is -2.31. The Morgan fingerprint density at radius 1 is 1.08 bits per heavy atom. The molecule has 10 heteroatoms. The van der Waals surface area contributed by atoms with Crippen LogP contribution in [0.5, 0.6) is 11.5 Å². The monoisotopic (exact) mass is 488 g/mol. The van der Waals surface area contributed by atoms with E-state index >= 15 is 0 Å². The van der Waals surface area contributed by atoms with Crippen molar-refractivity contribution in [1.29, 1.82) is 0 Å². The average Bonchev–Trinajstić information content (AvgIpc) is 3.18. The largest absolute Gasteiger partial charge is 0.465 e. The zero-order valence-electron chi connectivity index (χ0n) is 20.2. The van der Waals surface area contributed by atoms with Crippen LogP contribution in [-0.2, 0) is 0 Å². The van der Waals surface area contributed by atoms with Gasteiger partial charge in [-0.05, 0) is 67.4 Å². The van der Waals surface area contributed by atoms with E-state index < -0.39 is 6.09 Å². The van der Waals surface area contributed by atoms with Crippen LogP contribution in [0, 0.1) is 0 Å². The fourth-order valence-corrected chi connectivity index (χ4v) is 4.73. The summed E-state index contributed by atoms with van der Waals surface area (Å²) in [6.07, 6.45) is 1.96. The number of hydrogen-bond donors (Lipinski definition) is 2. The molecule has 3 N–H and O–H groups in total. The lowest BCUT2D eigenvalue weighted by Crippen LogP contribution is -2.42. The number of aromatic nitrogens is 3. The van der Waals surface area contributed by atoms with E-state index in [2.05, 4.69) is 4.98 Å². The molecule has 1 amide bonds. The zero-order chi connectivity index (χ0) is 25.4. The molecule has 1 fully saturated rings. The second-order valence-electron chi connectivity index (χ2n) is 9.06. The van der Waals surface area contributed by atoms with E-state index in [-0.39, 0.29) is 24.1 Å². The summed E-state index contributed by atoms with van der Waals surface area (Å²) in [5.74, 6) is 1.56. The predicted molar refractivity (Wildman–Crippen MR) is 138 cm³/mol. The van der Waals surface area contributed by atoms with Crippen LogP contribution in [0.1, 0.15) is 18.9 Å². The normalized spacial score (nSPS) is 15.7. The van der Waals surface area contributed by atoms with Crippen molar-refractivity contribution in [2.24, 2.45) is 0 Å². The molecule has 0 saturated carbocycles. The zero-order valence-corrected chi connectivity index (χ0v) is 20.2. The molecule has 186 valence electrons. The molecule has 1 aliphatic heterocycles. The Morgan fingerprint density at radius 2 is 1.75 bits per heavy atom. The molecule has 0 spiro atoms. The molecule has 1 aliphatic rings. The number of piperidine rings is 1. The highest BCUT2D eigenvalue weighted by Gasteiger charge is 2.29. The molecule has 0 aliphatic carbocycles. The summed E-state index contributed by atoms with van der Waals surface area (Å²) in [6, 6.07) is 16.4. The van der Waals surface area contributed by atoms with Crippen LogP contribution >= 0.6 is 0 Å². The molecule has 0 radical (unpaired) electrons. The topological polar surface area (TPSA) is 119 Å². The highest BCUT2D eigenvalue weighted by Crippen LogP contribution is 2.30. The summed E-state index contributed by atoms with van der Waals surface area (Å²) in [5, 5.41) is 9.47. The molecule has 1 saturated heterocycles. The van der Waals surface area contributed by atoms with Crippen LogP contribution < -0.4 is 21.1 Å². The van der Waals surface area contributed by atoms with Crippen molar-refractivity contribution in [3.63, 3.8) is 0 Å². The van der Waals surface area contributed by atoms with Gasteiger partial charge >= 0.3 is 11.8 Å². The summed E-state index contributed by atoms with van der Waals surface area (Å²) >= 11 is 0. The maximum absolute atomic E-state index is 13.7. The Bertz CT molecular complexity index is 1460. The van der Waals surface area contributed by atoms with Gasteiger partial charge in [-0.15, -0.1) is 0 Å². The quantitative estimate of drug-likeness (QED) is 0.437. The van der Waals surface area contributed by atoms with E-state index in [1.807, 2.05) is 43.3 Å². The second kappa shape index (κ2) is 9.29. The van der Waals surface area contributed by atoms with Crippen molar-refractivity contribution < 1.29 is 14.6 Å². The fourth-order valence-electron chi connectivity index (χ4n) is 4.73. The number of likely N-dealkylation sites (tertiary alicyclic amines) is 1. The van der Waals surface area contributed by atoms with E-state index in [0.717, 1.165) is 5.69 Å². The Morgan fingerprint density at radius 3 is 2.39 bits per heavy atom. The molecule has 4 aromatic rings. The van der Waals surface area contributed by atoms with Gasteiger partial charge in [0.2, 0.25) is 0 Å². The number of anilines is 2. The average molecular weight is 489 g/mol. The Kier molecular flexibility index (Phi) is 6.01. The lowest BCUT2D eigenvalue weighted by molar-refractivity contribution is 0.121.